The number of rotatable bonds is 5. The van der Waals surface area contributed by atoms with Crippen LogP contribution in [0.2, 0.25) is 0 Å². The summed E-state index contributed by atoms with van der Waals surface area (Å²) in [6.07, 6.45) is 6.49. The zero-order chi connectivity index (χ0) is 10.3. The lowest BCUT2D eigenvalue weighted by molar-refractivity contribution is 0.144. The molecule has 2 unspecified atom stereocenters. The zero-order valence-electron chi connectivity index (χ0n) is 9.36. The third kappa shape index (κ3) is 2.52. The van der Waals surface area contributed by atoms with Crippen LogP contribution in [-0.2, 0) is 0 Å². The average molecular weight is 210 g/mol. The molecule has 0 bridgehead atoms. The first-order chi connectivity index (χ1) is 7.33. The van der Waals surface area contributed by atoms with E-state index in [2.05, 4.69) is 10.2 Å². The standard InChI is InChI=1S/C12H22N2O/c15-12(9-1-2-9)7-13-10-5-6-14(8-10)11-3-4-11/h9-13,15H,1-8H2. The van der Waals surface area contributed by atoms with Gasteiger partial charge in [0.1, 0.15) is 0 Å². The van der Waals surface area contributed by atoms with Crippen LogP contribution in [0.25, 0.3) is 0 Å². The number of hydrogen-bond acceptors (Lipinski definition) is 3. The smallest absolute Gasteiger partial charge is 0.0692 e. The quantitative estimate of drug-likeness (QED) is 0.697. The maximum Gasteiger partial charge on any atom is 0.0692 e. The molecule has 3 nitrogen and oxygen atoms in total. The summed E-state index contributed by atoms with van der Waals surface area (Å²) in [5.74, 6) is 0.610. The van der Waals surface area contributed by atoms with Gasteiger partial charge >= 0.3 is 0 Å². The molecule has 2 atom stereocenters. The summed E-state index contributed by atoms with van der Waals surface area (Å²) in [5, 5.41) is 13.3. The Kier molecular flexibility index (Phi) is 2.71. The number of aliphatic hydroxyl groups excluding tert-OH is 1. The van der Waals surface area contributed by atoms with Gasteiger partial charge in [-0.25, -0.2) is 0 Å². The molecule has 0 spiro atoms. The minimum atomic E-state index is -0.0834. The lowest BCUT2D eigenvalue weighted by Gasteiger charge is -2.17. The molecule has 0 aromatic heterocycles. The fraction of sp³-hybridized carbons (Fsp3) is 1.00. The van der Waals surface area contributed by atoms with E-state index < -0.39 is 0 Å². The first-order valence-electron chi connectivity index (χ1n) is 6.48. The lowest BCUT2D eigenvalue weighted by Crippen LogP contribution is -2.38. The summed E-state index contributed by atoms with van der Waals surface area (Å²) in [6, 6.07) is 1.55. The highest BCUT2D eigenvalue weighted by molar-refractivity contribution is 4.92. The Hall–Kier alpha value is -0.120. The molecule has 1 heterocycles. The molecule has 1 saturated heterocycles. The predicted molar refractivity (Wildman–Crippen MR) is 59.7 cm³/mol. The molecule has 0 aromatic carbocycles. The minimum absolute atomic E-state index is 0.0834. The van der Waals surface area contributed by atoms with Gasteiger partial charge in [-0.15, -0.1) is 0 Å². The molecule has 86 valence electrons. The van der Waals surface area contributed by atoms with Crippen LogP contribution in [0, 0.1) is 5.92 Å². The van der Waals surface area contributed by atoms with E-state index in [0.29, 0.717) is 12.0 Å². The Morgan fingerprint density at radius 1 is 1.20 bits per heavy atom. The summed E-state index contributed by atoms with van der Waals surface area (Å²) < 4.78 is 0. The van der Waals surface area contributed by atoms with Crippen molar-refractivity contribution in [1.82, 2.24) is 10.2 Å². The molecule has 2 aliphatic carbocycles. The number of nitrogens with one attached hydrogen (secondary N) is 1. The Labute approximate surface area is 91.8 Å². The number of likely N-dealkylation sites (tertiary alicyclic amines) is 1. The summed E-state index contributed by atoms with van der Waals surface area (Å²) >= 11 is 0. The second-order valence-corrected chi connectivity index (χ2v) is 5.52. The highest BCUT2D eigenvalue weighted by Crippen LogP contribution is 2.32. The molecule has 3 fully saturated rings. The number of hydrogen-bond donors (Lipinski definition) is 2. The van der Waals surface area contributed by atoms with Gasteiger partial charge in [-0.1, -0.05) is 0 Å². The van der Waals surface area contributed by atoms with E-state index in [-0.39, 0.29) is 6.10 Å². The third-order valence-corrected chi connectivity index (χ3v) is 4.06. The van der Waals surface area contributed by atoms with Crippen LogP contribution < -0.4 is 5.32 Å². The highest BCUT2D eigenvalue weighted by Gasteiger charge is 2.35. The molecule has 1 aliphatic heterocycles. The van der Waals surface area contributed by atoms with E-state index in [1.54, 1.807) is 0 Å². The van der Waals surface area contributed by atoms with E-state index in [1.807, 2.05) is 0 Å². The monoisotopic (exact) mass is 210 g/mol. The maximum atomic E-state index is 9.76. The van der Waals surface area contributed by atoms with Gasteiger partial charge in [-0.05, 0) is 38.0 Å². The normalized spacial score (nSPS) is 34.6. The van der Waals surface area contributed by atoms with Gasteiger partial charge in [-0.3, -0.25) is 4.90 Å². The predicted octanol–water partition coefficient (Wildman–Crippen LogP) is 0.584. The SMILES string of the molecule is OC(CNC1CCN(C2CC2)C1)C1CC1. The second kappa shape index (κ2) is 4.04. The van der Waals surface area contributed by atoms with Crippen LogP contribution in [0.3, 0.4) is 0 Å². The van der Waals surface area contributed by atoms with Crippen molar-refractivity contribution in [1.29, 1.82) is 0 Å². The van der Waals surface area contributed by atoms with Crippen molar-refractivity contribution in [3.05, 3.63) is 0 Å². The van der Waals surface area contributed by atoms with Crippen molar-refractivity contribution in [2.24, 2.45) is 5.92 Å². The van der Waals surface area contributed by atoms with Gasteiger partial charge in [0, 0.05) is 31.7 Å². The molecule has 2 saturated carbocycles. The molecule has 3 heteroatoms. The van der Waals surface area contributed by atoms with E-state index in [4.69, 9.17) is 0 Å². The number of nitrogens with zero attached hydrogens (tertiary/aromatic N) is 1. The molecule has 0 aromatic rings. The fourth-order valence-corrected chi connectivity index (χ4v) is 2.66. The van der Waals surface area contributed by atoms with Crippen molar-refractivity contribution in [2.45, 2.75) is 50.3 Å². The molecular weight excluding hydrogens is 188 g/mol. The fourth-order valence-electron chi connectivity index (χ4n) is 2.66. The first-order valence-corrected chi connectivity index (χ1v) is 6.48. The summed E-state index contributed by atoms with van der Waals surface area (Å²) in [5.41, 5.74) is 0. The summed E-state index contributed by atoms with van der Waals surface area (Å²) in [7, 11) is 0. The van der Waals surface area contributed by atoms with Gasteiger partial charge in [0.15, 0.2) is 0 Å². The lowest BCUT2D eigenvalue weighted by atomic mass is 10.2. The number of aliphatic hydroxyl groups is 1. The van der Waals surface area contributed by atoms with E-state index in [9.17, 15) is 5.11 Å². The molecule has 3 aliphatic rings. The van der Waals surface area contributed by atoms with Gasteiger partial charge in [-0.2, -0.15) is 0 Å². The maximum absolute atomic E-state index is 9.76. The van der Waals surface area contributed by atoms with Crippen LogP contribution in [0.5, 0.6) is 0 Å². The van der Waals surface area contributed by atoms with Gasteiger partial charge in [0.2, 0.25) is 0 Å². The Balaban J connectivity index is 1.36. The Morgan fingerprint density at radius 3 is 2.67 bits per heavy atom. The van der Waals surface area contributed by atoms with Crippen molar-refractivity contribution in [3.8, 4) is 0 Å². The van der Waals surface area contributed by atoms with E-state index in [0.717, 1.165) is 12.6 Å². The summed E-state index contributed by atoms with van der Waals surface area (Å²) in [6.45, 7) is 3.29. The van der Waals surface area contributed by atoms with Gasteiger partial charge in [0.05, 0.1) is 6.10 Å². The second-order valence-electron chi connectivity index (χ2n) is 5.52. The Bertz CT molecular complexity index is 226. The zero-order valence-corrected chi connectivity index (χ0v) is 9.36. The molecule has 0 radical (unpaired) electrons. The largest absolute Gasteiger partial charge is 0.392 e. The summed E-state index contributed by atoms with van der Waals surface area (Å²) in [4.78, 5) is 2.61. The highest BCUT2D eigenvalue weighted by atomic mass is 16.3. The van der Waals surface area contributed by atoms with Crippen LogP contribution in [-0.4, -0.2) is 47.8 Å². The Morgan fingerprint density at radius 2 is 2.00 bits per heavy atom. The minimum Gasteiger partial charge on any atom is -0.392 e. The molecule has 0 amide bonds. The molecule has 3 rings (SSSR count). The van der Waals surface area contributed by atoms with E-state index >= 15 is 0 Å². The van der Waals surface area contributed by atoms with Gasteiger partial charge in [0.25, 0.3) is 0 Å². The third-order valence-electron chi connectivity index (χ3n) is 4.06. The van der Waals surface area contributed by atoms with Gasteiger partial charge < -0.3 is 10.4 Å². The van der Waals surface area contributed by atoms with Crippen molar-refractivity contribution >= 4 is 0 Å². The van der Waals surface area contributed by atoms with Crippen molar-refractivity contribution < 1.29 is 5.11 Å². The van der Waals surface area contributed by atoms with Crippen LogP contribution in [0.1, 0.15) is 32.1 Å². The van der Waals surface area contributed by atoms with Crippen LogP contribution >= 0.6 is 0 Å². The molecule has 2 N–H and O–H groups in total. The topological polar surface area (TPSA) is 35.5 Å². The van der Waals surface area contributed by atoms with Crippen molar-refractivity contribution in [2.75, 3.05) is 19.6 Å². The van der Waals surface area contributed by atoms with Crippen molar-refractivity contribution in [3.63, 3.8) is 0 Å². The first kappa shape index (κ1) is 10.1. The van der Waals surface area contributed by atoms with Crippen LogP contribution in [0.4, 0.5) is 0 Å². The molecule has 15 heavy (non-hydrogen) atoms. The van der Waals surface area contributed by atoms with Crippen LogP contribution in [0.15, 0.2) is 0 Å². The van der Waals surface area contributed by atoms with E-state index in [1.165, 1.54) is 45.2 Å². The molecular formula is C12H22N2O. The average Bonchev–Trinajstić information content (AvgIpc) is 3.12.